The van der Waals surface area contributed by atoms with Crippen LogP contribution in [0.5, 0.6) is 0 Å². The molecule has 2 aliphatic heterocycles. The van der Waals surface area contributed by atoms with Crippen LogP contribution in [0.4, 0.5) is 5.82 Å². The van der Waals surface area contributed by atoms with Crippen LogP contribution in [0.1, 0.15) is 6.42 Å². The Kier molecular flexibility index (Phi) is 3.58. The third-order valence-electron chi connectivity index (χ3n) is 5.12. The molecule has 132 valence electrons. The molecule has 0 amide bonds. The highest BCUT2D eigenvalue weighted by atomic mass is 35.5. The maximum atomic E-state index is 12.2. The topological polar surface area (TPSA) is 60.2 Å². The summed E-state index contributed by atoms with van der Waals surface area (Å²) in [4.78, 5) is 23.1. The zero-order chi connectivity index (χ0) is 17.8. The normalized spacial score (nSPS) is 22.1. The van der Waals surface area contributed by atoms with Gasteiger partial charge in [0.05, 0.1) is 34.2 Å². The van der Waals surface area contributed by atoms with Crippen molar-refractivity contribution in [3.8, 4) is 5.69 Å². The number of halogens is 2. The van der Waals surface area contributed by atoms with Gasteiger partial charge in [0.2, 0.25) is 0 Å². The Morgan fingerprint density at radius 2 is 2.15 bits per heavy atom. The van der Waals surface area contributed by atoms with Crippen molar-refractivity contribution in [3.63, 3.8) is 0 Å². The van der Waals surface area contributed by atoms with Crippen LogP contribution in [0.3, 0.4) is 0 Å². The summed E-state index contributed by atoms with van der Waals surface area (Å²) in [5.74, 6) is 0.721. The van der Waals surface area contributed by atoms with Crippen LogP contribution in [0.15, 0.2) is 36.9 Å². The van der Waals surface area contributed by atoms with Crippen LogP contribution < -0.4 is 4.90 Å². The molecule has 2 saturated heterocycles. The number of carbonyl (C=O) groups is 1. The van der Waals surface area contributed by atoms with Crippen molar-refractivity contribution in [1.82, 2.24) is 14.5 Å². The number of carbonyl (C=O) groups excluding carboxylic acids is 1. The maximum Gasteiger partial charge on any atom is 0.329 e. The summed E-state index contributed by atoms with van der Waals surface area (Å²) >= 11 is 12.7. The number of esters is 1. The molecule has 0 N–H and O–H groups in total. The molecule has 3 aromatic rings. The number of cyclic esters (lactones) is 1. The first-order valence-corrected chi connectivity index (χ1v) is 9.09. The van der Waals surface area contributed by atoms with Crippen molar-refractivity contribution >= 4 is 45.9 Å². The number of pyridine rings is 1. The number of imidazole rings is 1. The maximum absolute atomic E-state index is 12.2. The van der Waals surface area contributed by atoms with E-state index in [1.807, 2.05) is 27.8 Å². The fraction of sp³-hybridized carbons (Fsp3) is 0.278. The molecule has 0 radical (unpaired) electrons. The molecular formula is C18H14Cl2N4O2. The van der Waals surface area contributed by atoms with Gasteiger partial charge in [0, 0.05) is 36.3 Å². The van der Waals surface area contributed by atoms with Crippen molar-refractivity contribution < 1.29 is 9.53 Å². The average Bonchev–Trinajstić information content (AvgIpc) is 3.37. The molecule has 2 atom stereocenters. The summed E-state index contributed by atoms with van der Waals surface area (Å²) in [6, 6.07) is 5.33. The zero-order valence-electron chi connectivity index (χ0n) is 13.6. The Hall–Kier alpha value is -2.31. The molecule has 0 saturated carbocycles. The number of fused-ring (bicyclic) bond motifs is 2. The smallest absolute Gasteiger partial charge is 0.329 e. The molecule has 2 aliphatic rings. The molecule has 8 heteroatoms. The van der Waals surface area contributed by atoms with E-state index in [-0.39, 0.29) is 17.9 Å². The summed E-state index contributed by atoms with van der Waals surface area (Å²) < 4.78 is 7.13. The quantitative estimate of drug-likeness (QED) is 0.628. The lowest BCUT2D eigenvalue weighted by molar-refractivity contribution is -0.139. The van der Waals surface area contributed by atoms with Gasteiger partial charge in [-0.15, -0.1) is 0 Å². The number of benzene rings is 1. The van der Waals surface area contributed by atoms with E-state index in [9.17, 15) is 4.79 Å². The van der Waals surface area contributed by atoms with E-state index >= 15 is 0 Å². The number of hydrogen-bond donors (Lipinski definition) is 0. The highest BCUT2D eigenvalue weighted by Gasteiger charge is 2.46. The van der Waals surface area contributed by atoms with Crippen LogP contribution in [0, 0.1) is 5.92 Å². The Balaban J connectivity index is 1.74. The minimum Gasteiger partial charge on any atom is -0.464 e. The Labute approximate surface area is 159 Å². The van der Waals surface area contributed by atoms with Crippen LogP contribution in [-0.4, -0.2) is 39.7 Å². The molecule has 6 nitrogen and oxygen atoms in total. The molecule has 5 rings (SSSR count). The minimum atomic E-state index is -0.284. The molecule has 2 fully saturated rings. The fourth-order valence-electron chi connectivity index (χ4n) is 3.85. The van der Waals surface area contributed by atoms with Gasteiger partial charge in [0.15, 0.2) is 0 Å². The fourth-order valence-corrected chi connectivity index (χ4v) is 4.21. The molecule has 4 heterocycles. The van der Waals surface area contributed by atoms with Gasteiger partial charge in [-0.3, -0.25) is 0 Å². The van der Waals surface area contributed by atoms with Gasteiger partial charge in [0.25, 0.3) is 0 Å². The molecule has 2 aromatic heterocycles. The minimum absolute atomic E-state index is 0.184. The first-order chi connectivity index (χ1) is 12.6. The monoisotopic (exact) mass is 388 g/mol. The number of aromatic nitrogens is 3. The number of nitrogens with zero attached hydrogens (tertiary/aromatic N) is 4. The summed E-state index contributed by atoms with van der Waals surface area (Å²) in [7, 11) is 0. The van der Waals surface area contributed by atoms with Gasteiger partial charge in [-0.25, -0.2) is 14.8 Å². The van der Waals surface area contributed by atoms with Gasteiger partial charge in [-0.2, -0.15) is 0 Å². The third kappa shape index (κ3) is 2.29. The van der Waals surface area contributed by atoms with Crippen LogP contribution in [-0.2, 0) is 9.53 Å². The molecule has 0 aliphatic carbocycles. The summed E-state index contributed by atoms with van der Waals surface area (Å²) in [5.41, 5.74) is 1.49. The largest absolute Gasteiger partial charge is 0.464 e. The third-order valence-corrected chi connectivity index (χ3v) is 5.91. The summed E-state index contributed by atoms with van der Waals surface area (Å²) in [5, 5.41) is 1.71. The van der Waals surface area contributed by atoms with E-state index in [2.05, 4.69) is 4.98 Å². The Morgan fingerprint density at radius 1 is 1.27 bits per heavy atom. The van der Waals surface area contributed by atoms with E-state index < -0.39 is 0 Å². The van der Waals surface area contributed by atoms with Crippen molar-refractivity contribution in [2.75, 3.05) is 18.1 Å². The first kappa shape index (κ1) is 15.9. The number of ether oxygens (including phenoxy) is 1. The van der Waals surface area contributed by atoms with E-state index in [0.717, 1.165) is 24.0 Å². The van der Waals surface area contributed by atoms with Gasteiger partial charge in [-0.05, 0) is 18.6 Å². The predicted octanol–water partition coefficient (Wildman–Crippen LogP) is 3.48. The van der Waals surface area contributed by atoms with Crippen molar-refractivity contribution in [2.24, 2.45) is 5.92 Å². The molecule has 1 aromatic carbocycles. The lowest BCUT2D eigenvalue weighted by Gasteiger charge is -2.24. The predicted molar refractivity (Wildman–Crippen MR) is 99.1 cm³/mol. The standard InChI is InChI=1S/C18H14Cl2N4O2/c19-12-2-1-11-13(23-6-4-21-9-23)7-14(22-16(11)15(12)20)24-5-3-10-8-26-18(25)17(10)24/h1-2,4,6-7,9-10,17H,3,5,8H2. The number of rotatable bonds is 2. The van der Waals surface area contributed by atoms with Crippen molar-refractivity contribution in [3.05, 3.63) is 47.0 Å². The van der Waals surface area contributed by atoms with Crippen LogP contribution >= 0.6 is 23.2 Å². The molecule has 2 unspecified atom stereocenters. The van der Waals surface area contributed by atoms with E-state index in [1.54, 1.807) is 18.6 Å². The second kappa shape index (κ2) is 5.86. The first-order valence-electron chi connectivity index (χ1n) is 8.34. The van der Waals surface area contributed by atoms with Crippen LogP contribution in [0.25, 0.3) is 16.6 Å². The molecular weight excluding hydrogens is 375 g/mol. The highest BCUT2D eigenvalue weighted by molar-refractivity contribution is 6.45. The van der Waals surface area contributed by atoms with E-state index in [0.29, 0.717) is 28.0 Å². The molecule has 26 heavy (non-hydrogen) atoms. The number of anilines is 1. The second-order valence-electron chi connectivity index (χ2n) is 6.54. The summed E-state index contributed by atoms with van der Waals surface area (Å²) in [6.45, 7) is 1.24. The van der Waals surface area contributed by atoms with Gasteiger partial charge in [0.1, 0.15) is 11.9 Å². The number of hydrogen-bond acceptors (Lipinski definition) is 5. The van der Waals surface area contributed by atoms with E-state index in [1.165, 1.54) is 0 Å². The van der Waals surface area contributed by atoms with Gasteiger partial charge >= 0.3 is 5.97 Å². The van der Waals surface area contributed by atoms with E-state index in [4.69, 9.17) is 32.9 Å². The average molecular weight is 389 g/mol. The Morgan fingerprint density at radius 3 is 2.96 bits per heavy atom. The SMILES string of the molecule is O=C1OCC2CCN(c3cc(-n4ccnc4)c4ccc(Cl)c(Cl)c4n3)C12. The van der Waals surface area contributed by atoms with Crippen molar-refractivity contribution in [2.45, 2.75) is 12.5 Å². The molecule has 0 bridgehead atoms. The lowest BCUT2D eigenvalue weighted by atomic mass is 10.0. The highest BCUT2D eigenvalue weighted by Crippen LogP contribution is 2.38. The van der Waals surface area contributed by atoms with Crippen molar-refractivity contribution in [1.29, 1.82) is 0 Å². The lowest BCUT2D eigenvalue weighted by Crippen LogP contribution is -2.36. The van der Waals surface area contributed by atoms with Gasteiger partial charge in [-0.1, -0.05) is 23.2 Å². The molecule has 0 spiro atoms. The van der Waals surface area contributed by atoms with Gasteiger partial charge < -0.3 is 14.2 Å². The summed E-state index contributed by atoms with van der Waals surface area (Å²) in [6.07, 6.45) is 6.19. The van der Waals surface area contributed by atoms with Crippen LogP contribution in [0.2, 0.25) is 10.0 Å². The second-order valence-corrected chi connectivity index (χ2v) is 7.33. The Bertz CT molecular complexity index is 1020. The zero-order valence-corrected chi connectivity index (χ0v) is 15.1.